The summed E-state index contributed by atoms with van der Waals surface area (Å²) in [5.41, 5.74) is 1.60. The molecule has 2 aromatic heterocycles. The van der Waals surface area contributed by atoms with E-state index in [-0.39, 0.29) is 25.5 Å². The van der Waals surface area contributed by atoms with Crippen LogP contribution < -0.4 is 4.90 Å². The SMILES string of the molecule is COC(=O)N1CC2(C1)C(=O)N(Cc1ncc3cc(Cl)ccc3c1Br)c1cnccc12. The number of carbonyl (C=O) groups is 2. The molecular formula is C21H16BrClN4O3. The number of benzene rings is 1. The fourth-order valence-corrected chi connectivity index (χ4v) is 5.04. The van der Waals surface area contributed by atoms with Gasteiger partial charge in [0.15, 0.2) is 0 Å². The van der Waals surface area contributed by atoms with Gasteiger partial charge >= 0.3 is 6.09 Å². The van der Waals surface area contributed by atoms with Crippen molar-refractivity contribution in [2.75, 3.05) is 25.1 Å². The molecule has 1 spiro atoms. The normalized spacial score (nSPS) is 16.7. The lowest BCUT2D eigenvalue weighted by Gasteiger charge is -2.45. The number of likely N-dealkylation sites (tertiary alicyclic amines) is 1. The number of pyridine rings is 2. The molecule has 2 aliphatic rings. The molecule has 4 heterocycles. The number of aromatic nitrogens is 2. The summed E-state index contributed by atoms with van der Waals surface area (Å²) in [6, 6.07) is 7.45. The second kappa shape index (κ2) is 6.92. The van der Waals surface area contributed by atoms with Crippen LogP contribution in [0.5, 0.6) is 0 Å². The summed E-state index contributed by atoms with van der Waals surface area (Å²) in [6.07, 6.45) is 4.69. The first-order valence-electron chi connectivity index (χ1n) is 9.26. The summed E-state index contributed by atoms with van der Waals surface area (Å²) in [6.45, 7) is 0.865. The molecule has 2 aliphatic heterocycles. The molecular weight excluding hydrogens is 472 g/mol. The zero-order valence-electron chi connectivity index (χ0n) is 15.9. The van der Waals surface area contributed by atoms with Gasteiger partial charge in [-0.05, 0) is 45.1 Å². The van der Waals surface area contributed by atoms with Gasteiger partial charge in [-0.15, -0.1) is 0 Å². The average molecular weight is 488 g/mol. The van der Waals surface area contributed by atoms with E-state index >= 15 is 0 Å². The molecule has 30 heavy (non-hydrogen) atoms. The molecule has 5 rings (SSSR count). The molecule has 0 radical (unpaired) electrons. The summed E-state index contributed by atoms with van der Waals surface area (Å²) in [7, 11) is 1.34. The van der Waals surface area contributed by atoms with Crippen molar-refractivity contribution in [3.63, 3.8) is 0 Å². The van der Waals surface area contributed by atoms with Crippen molar-refractivity contribution < 1.29 is 14.3 Å². The van der Waals surface area contributed by atoms with Crippen LogP contribution in [0, 0.1) is 0 Å². The Bertz CT molecular complexity index is 1210. The maximum absolute atomic E-state index is 13.5. The molecule has 0 N–H and O–H groups in total. The van der Waals surface area contributed by atoms with E-state index in [0.29, 0.717) is 5.02 Å². The first-order chi connectivity index (χ1) is 14.4. The van der Waals surface area contributed by atoms with E-state index in [1.165, 1.54) is 12.0 Å². The number of ether oxygens (including phenoxy) is 1. The van der Waals surface area contributed by atoms with Gasteiger partial charge in [0.05, 0.1) is 31.2 Å². The predicted octanol–water partition coefficient (Wildman–Crippen LogP) is 3.91. The minimum atomic E-state index is -0.761. The fourth-order valence-electron chi connectivity index (χ4n) is 4.27. The molecule has 1 aromatic carbocycles. The van der Waals surface area contributed by atoms with E-state index in [2.05, 4.69) is 25.9 Å². The van der Waals surface area contributed by atoms with Crippen LogP contribution in [0.3, 0.4) is 0 Å². The van der Waals surface area contributed by atoms with Gasteiger partial charge in [-0.25, -0.2) is 4.79 Å². The molecule has 0 saturated carbocycles. The molecule has 0 atom stereocenters. The quantitative estimate of drug-likeness (QED) is 0.548. The van der Waals surface area contributed by atoms with Crippen LogP contribution in [0.2, 0.25) is 5.02 Å². The van der Waals surface area contributed by atoms with Gasteiger partial charge in [-0.2, -0.15) is 0 Å². The van der Waals surface area contributed by atoms with Crippen molar-refractivity contribution in [2.45, 2.75) is 12.0 Å². The molecule has 3 aromatic rings. The lowest BCUT2D eigenvalue weighted by molar-refractivity contribution is -0.128. The molecule has 0 bridgehead atoms. The lowest BCUT2D eigenvalue weighted by Crippen LogP contribution is -2.65. The zero-order chi connectivity index (χ0) is 21.0. The number of carbonyl (C=O) groups excluding carboxylic acids is 2. The Kier molecular flexibility index (Phi) is 4.44. The molecule has 0 aliphatic carbocycles. The molecule has 9 heteroatoms. The molecule has 2 amide bonds. The van der Waals surface area contributed by atoms with E-state index < -0.39 is 11.5 Å². The van der Waals surface area contributed by atoms with Crippen molar-refractivity contribution in [1.82, 2.24) is 14.9 Å². The van der Waals surface area contributed by atoms with E-state index in [9.17, 15) is 9.59 Å². The Labute approximate surface area is 185 Å². The Morgan fingerprint density at radius 1 is 1.30 bits per heavy atom. The van der Waals surface area contributed by atoms with Crippen molar-refractivity contribution in [2.24, 2.45) is 0 Å². The van der Waals surface area contributed by atoms with E-state index in [0.717, 1.165) is 32.2 Å². The highest BCUT2D eigenvalue weighted by molar-refractivity contribution is 9.10. The fraction of sp³-hybridized carbons (Fsp3) is 0.238. The maximum Gasteiger partial charge on any atom is 0.409 e. The smallest absolute Gasteiger partial charge is 0.409 e. The summed E-state index contributed by atoms with van der Waals surface area (Å²) in [5, 5.41) is 2.52. The molecule has 1 fully saturated rings. The molecule has 152 valence electrons. The predicted molar refractivity (Wildman–Crippen MR) is 116 cm³/mol. The monoisotopic (exact) mass is 486 g/mol. The van der Waals surface area contributed by atoms with Crippen molar-refractivity contribution >= 4 is 56.0 Å². The summed E-state index contributed by atoms with van der Waals surface area (Å²) < 4.78 is 5.61. The Balaban J connectivity index is 1.51. The summed E-state index contributed by atoms with van der Waals surface area (Å²) in [5.74, 6) is -0.0597. The number of anilines is 1. The van der Waals surface area contributed by atoms with Gasteiger partial charge in [0.25, 0.3) is 0 Å². The van der Waals surface area contributed by atoms with Gasteiger partial charge in [0.1, 0.15) is 5.41 Å². The van der Waals surface area contributed by atoms with Crippen LogP contribution >= 0.6 is 27.5 Å². The number of methoxy groups -OCH3 is 1. The average Bonchev–Trinajstić information content (AvgIpc) is 2.96. The van der Waals surface area contributed by atoms with Gasteiger partial charge in [-0.1, -0.05) is 17.7 Å². The Hall–Kier alpha value is -2.71. The molecule has 0 unspecified atom stereocenters. The first kappa shape index (κ1) is 19.3. The van der Waals surface area contributed by atoms with Crippen LogP contribution in [0.4, 0.5) is 10.5 Å². The number of hydrogen-bond acceptors (Lipinski definition) is 5. The topological polar surface area (TPSA) is 75.6 Å². The highest BCUT2D eigenvalue weighted by Gasteiger charge is 2.59. The lowest BCUT2D eigenvalue weighted by atomic mass is 9.75. The van der Waals surface area contributed by atoms with Crippen LogP contribution in [0.1, 0.15) is 11.3 Å². The number of fused-ring (bicyclic) bond motifs is 3. The number of amides is 2. The highest BCUT2D eigenvalue weighted by atomic mass is 79.9. The van der Waals surface area contributed by atoms with Gasteiger partial charge in [-0.3, -0.25) is 14.8 Å². The van der Waals surface area contributed by atoms with Crippen LogP contribution in [-0.4, -0.2) is 47.1 Å². The Morgan fingerprint density at radius 3 is 2.87 bits per heavy atom. The second-order valence-electron chi connectivity index (χ2n) is 7.44. The summed E-state index contributed by atoms with van der Waals surface area (Å²) >= 11 is 9.72. The van der Waals surface area contributed by atoms with E-state index in [1.54, 1.807) is 23.5 Å². The minimum absolute atomic E-state index is 0.0597. The summed E-state index contributed by atoms with van der Waals surface area (Å²) in [4.78, 5) is 37.4. The van der Waals surface area contributed by atoms with E-state index in [4.69, 9.17) is 16.3 Å². The van der Waals surface area contributed by atoms with Crippen LogP contribution in [0.15, 0.2) is 47.3 Å². The van der Waals surface area contributed by atoms with Crippen molar-refractivity contribution in [3.05, 3.63) is 63.6 Å². The van der Waals surface area contributed by atoms with Crippen LogP contribution in [-0.2, 0) is 21.5 Å². The van der Waals surface area contributed by atoms with Gasteiger partial charge in [0.2, 0.25) is 5.91 Å². The third-order valence-corrected chi connectivity index (χ3v) is 6.91. The largest absolute Gasteiger partial charge is 0.453 e. The maximum atomic E-state index is 13.5. The standard InChI is InChI=1S/C21H16BrClN4O3/c1-30-20(29)26-10-21(11-26)15-4-5-24-8-17(15)27(19(21)28)9-16-18(22)14-3-2-13(23)6-12(14)7-25-16/h2-8H,9-11H2,1H3. The number of rotatable bonds is 2. The first-order valence-corrected chi connectivity index (χ1v) is 10.4. The number of nitrogens with zero attached hydrogens (tertiary/aromatic N) is 4. The molecule has 7 nitrogen and oxygen atoms in total. The third-order valence-electron chi connectivity index (χ3n) is 5.79. The Morgan fingerprint density at radius 2 is 2.10 bits per heavy atom. The van der Waals surface area contributed by atoms with Gasteiger partial charge in [0, 0.05) is 40.4 Å². The number of halogens is 2. The second-order valence-corrected chi connectivity index (χ2v) is 8.67. The number of hydrogen-bond donors (Lipinski definition) is 0. The zero-order valence-corrected chi connectivity index (χ0v) is 18.3. The van der Waals surface area contributed by atoms with Crippen LogP contribution in [0.25, 0.3) is 10.8 Å². The third kappa shape index (κ3) is 2.70. The minimum Gasteiger partial charge on any atom is -0.453 e. The highest BCUT2D eigenvalue weighted by Crippen LogP contribution is 2.48. The van der Waals surface area contributed by atoms with Crippen molar-refractivity contribution in [1.29, 1.82) is 0 Å². The molecule has 1 saturated heterocycles. The van der Waals surface area contributed by atoms with E-state index in [1.807, 2.05) is 24.3 Å². The van der Waals surface area contributed by atoms with Crippen molar-refractivity contribution in [3.8, 4) is 0 Å². The van der Waals surface area contributed by atoms with Gasteiger partial charge < -0.3 is 14.5 Å².